The molecule has 1 aliphatic carbocycles. The van der Waals surface area contributed by atoms with Crippen molar-refractivity contribution in [1.82, 2.24) is 30.2 Å². The minimum absolute atomic E-state index is 0.00414. The van der Waals surface area contributed by atoms with Crippen LogP contribution in [0.5, 0.6) is 11.8 Å². The summed E-state index contributed by atoms with van der Waals surface area (Å²) in [5.41, 5.74) is 1.05. The number of piperazine rings is 1. The number of fused-ring (bicyclic) bond motifs is 4. The van der Waals surface area contributed by atoms with Crippen molar-refractivity contribution in [1.29, 1.82) is 0 Å². The Balaban J connectivity index is 1.19. The van der Waals surface area contributed by atoms with Crippen molar-refractivity contribution < 1.29 is 19.0 Å². The van der Waals surface area contributed by atoms with Crippen molar-refractivity contribution in [2.45, 2.75) is 37.8 Å². The molecule has 11 heteroatoms. The number of phenolic OH excluding ortho intramolecular Hbond substituents is 1. The smallest absolute Gasteiger partial charge is 0.320 e. The highest BCUT2D eigenvalue weighted by Gasteiger charge is 2.45. The number of rotatable bonds is 7. The molecule has 4 aromatic rings. The topological polar surface area (TPSA) is 109 Å². The van der Waals surface area contributed by atoms with Gasteiger partial charge in [0.25, 0.3) is 0 Å². The molecule has 2 aromatic carbocycles. The summed E-state index contributed by atoms with van der Waals surface area (Å²) in [6, 6.07) is 7.05. The first-order valence-corrected chi connectivity index (χ1v) is 15.4. The van der Waals surface area contributed by atoms with Crippen LogP contribution in [-0.4, -0.2) is 94.6 Å². The van der Waals surface area contributed by atoms with Gasteiger partial charge in [-0.15, -0.1) is 6.42 Å². The van der Waals surface area contributed by atoms with Gasteiger partial charge < -0.3 is 24.8 Å². The zero-order valence-electron chi connectivity index (χ0n) is 24.4. The predicted octanol–water partition coefficient (Wildman–Crippen LogP) is 3.50. The number of hydrogen-bond donors (Lipinski definition) is 2. The fraction of sp³-hybridized carbons (Fsp3) is 0.455. The lowest BCUT2D eigenvalue weighted by Gasteiger charge is -2.34. The summed E-state index contributed by atoms with van der Waals surface area (Å²) in [5.74, 6) is 2.98. The number of nitrogens with zero attached hydrogens (tertiary/aromatic N) is 6. The largest absolute Gasteiger partial charge is 0.508 e. The fourth-order valence-electron chi connectivity index (χ4n) is 7.01. The molecule has 2 aromatic heterocycles. The zero-order valence-corrected chi connectivity index (χ0v) is 24.4. The first kappa shape index (κ1) is 27.4. The van der Waals surface area contributed by atoms with Crippen LogP contribution in [-0.2, 0) is 4.74 Å². The number of aromatic hydroxyl groups is 1. The number of nitrogens with one attached hydrogen (secondary N) is 1. The Morgan fingerprint density at radius 1 is 1.11 bits per heavy atom. The van der Waals surface area contributed by atoms with Crippen molar-refractivity contribution in [3.63, 3.8) is 0 Å². The molecule has 0 radical (unpaired) electrons. The molecule has 8 rings (SSSR count). The van der Waals surface area contributed by atoms with Crippen molar-refractivity contribution in [2.75, 3.05) is 57.4 Å². The van der Waals surface area contributed by atoms with E-state index in [9.17, 15) is 9.50 Å². The molecule has 1 saturated carbocycles. The second-order valence-corrected chi connectivity index (χ2v) is 12.6. The lowest BCUT2D eigenvalue weighted by atomic mass is 9.98. The van der Waals surface area contributed by atoms with Crippen LogP contribution in [0.25, 0.3) is 33.2 Å². The van der Waals surface area contributed by atoms with Crippen LogP contribution in [0.15, 0.2) is 30.5 Å². The number of terminal acetylenes is 1. The molecule has 3 saturated heterocycles. The molecular weight excluding hydrogens is 561 g/mol. The van der Waals surface area contributed by atoms with Gasteiger partial charge in [-0.25, -0.2) is 14.4 Å². The molecule has 226 valence electrons. The second-order valence-electron chi connectivity index (χ2n) is 12.6. The van der Waals surface area contributed by atoms with E-state index in [1.54, 1.807) is 18.3 Å². The van der Waals surface area contributed by atoms with Crippen LogP contribution in [0.2, 0.25) is 0 Å². The lowest BCUT2D eigenvalue weighted by Crippen LogP contribution is -2.51. The van der Waals surface area contributed by atoms with E-state index in [0.29, 0.717) is 46.1 Å². The summed E-state index contributed by atoms with van der Waals surface area (Å²) in [7, 11) is 0. The number of phenols is 1. The molecule has 2 bridgehead atoms. The van der Waals surface area contributed by atoms with E-state index in [0.717, 1.165) is 77.4 Å². The molecule has 2 unspecified atom stereocenters. The molecule has 3 aliphatic heterocycles. The van der Waals surface area contributed by atoms with Gasteiger partial charge in [-0.3, -0.25) is 4.90 Å². The SMILES string of the molecule is C#Cc1c(F)ccc2cc(O)cc(-c3ncc4c(N5CC6CCC(C5)N6)nc(OCC5(CN6CCOCC6)CC5)nc4n3)c12. The Hall–Kier alpha value is -4.11. The van der Waals surface area contributed by atoms with Crippen LogP contribution in [0, 0.1) is 23.6 Å². The Morgan fingerprint density at radius 3 is 2.66 bits per heavy atom. The maximum Gasteiger partial charge on any atom is 0.320 e. The van der Waals surface area contributed by atoms with E-state index in [-0.39, 0.29) is 28.6 Å². The monoisotopic (exact) mass is 595 g/mol. The van der Waals surface area contributed by atoms with Gasteiger partial charge in [0.2, 0.25) is 0 Å². The molecule has 44 heavy (non-hydrogen) atoms. The van der Waals surface area contributed by atoms with Crippen molar-refractivity contribution in [3.05, 3.63) is 41.8 Å². The Labute approximate surface area is 254 Å². The van der Waals surface area contributed by atoms with Gasteiger partial charge in [-0.2, -0.15) is 9.97 Å². The third-order valence-electron chi connectivity index (χ3n) is 9.49. The maximum atomic E-state index is 14.8. The van der Waals surface area contributed by atoms with Crippen molar-refractivity contribution in [3.8, 4) is 35.5 Å². The summed E-state index contributed by atoms with van der Waals surface area (Å²) in [6.07, 6.45) is 11.9. The number of ether oxygens (including phenoxy) is 2. The quantitative estimate of drug-likeness (QED) is 0.308. The molecule has 10 nitrogen and oxygen atoms in total. The van der Waals surface area contributed by atoms with Crippen LogP contribution in [0.1, 0.15) is 31.2 Å². The summed E-state index contributed by atoms with van der Waals surface area (Å²) in [4.78, 5) is 24.0. The third kappa shape index (κ3) is 5.07. The van der Waals surface area contributed by atoms with Gasteiger partial charge in [-0.05, 0) is 49.3 Å². The highest BCUT2D eigenvalue weighted by molar-refractivity contribution is 6.01. The van der Waals surface area contributed by atoms with Gasteiger partial charge in [0, 0.05) is 67.4 Å². The molecule has 5 heterocycles. The Bertz CT molecular complexity index is 1790. The fourth-order valence-corrected chi connectivity index (χ4v) is 7.01. The standard InChI is InChI=1S/C33H34FN7O3/c1-2-24-27(34)6-3-20-13-23(42)14-25(28(20)24)29-35-15-26-30(37-29)38-32(39-31(26)41-16-21-4-5-22(17-41)36-21)44-19-33(7-8-33)18-40-9-11-43-12-10-40/h1,3,6,13-15,21-22,36,42H,4-5,7-12,16-19H2. The molecular formula is C33H34FN7O3. The molecule has 2 N–H and O–H groups in total. The van der Waals surface area contributed by atoms with Gasteiger partial charge in [0.15, 0.2) is 11.5 Å². The minimum Gasteiger partial charge on any atom is -0.508 e. The highest BCUT2D eigenvalue weighted by atomic mass is 19.1. The summed E-state index contributed by atoms with van der Waals surface area (Å²) < 4.78 is 26.7. The normalized spacial score (nSPS) is 22.8. The van der Waals surface area contributed by atoms with E-state index in [2.05, 4.69) is 26.0 Å². The highest BCUT2D eigenvalue weighted by Crippen LogP contribution is 2.46. The summed E-state index contributed by atoms with van der Waals surface area (Å²) in [5, 5.41) is 16.0. The maximum absolute atomic E-state index is 14.8. The Kier molecular flexibility index (Phi) is 6.74. The molecule has 0 amide bonds. The average Bonchev–Trinajstić information content (AvgIpc) is 3.72. The predicted molar refractivity (Wildman–Crippen MR) is 164 cm³/mol. The second kappa shape index (κ2) is 10.8. The molecule has 0 spiro atoms. The summed E-state index contributed by atoms with van der Waals surface area (Å²) in [6.45, 7) is 6.58. The Morgan fingerprint density at radius 2 is 1.91 bits per heavy atom. The van der Waals surface area contributed by atoms with E-state index in [4.69, 9.17) is 30.8 Å². The first-order chi connectivity index (χ1) is 21.5. The minimum atomic E-state index is -0.521. The van der Waals surface area contributed by atoms with E-state index in [1.165, 1.54) is 12.1 Å². The van der Waals surface area contributed by atoms with Crippen LogP contribution in [0.4, 0.5) is 10.2 Å². The van der Waals surface area contributed by atoms with Gasteiger partial charge in [-0.1, -0.05) is 12.0 Å². The molecule has 4 fully saturated rings. The first-order valence-electron chi connectivity index (χ1n) is 15.4. The third-order valence-corrected chi connectivity index (χ3v) is 9.49. The number of halogens is 1. The van der Waals surface area contributed by atoms with E-state index in [1.807, 2.05) is 0 Å². The number of hydrogen-bond acceptors (Lipinski definition) is 10. The number of benzene rings is 2. The van der Waals surface area contributed by atoms with Crippen LogP contribution < -0.4 is 15.0 Å². The lowest BCUT2D eigenvalue weighted by molar-refractivity contribution is 0.0231. The van der Waals surface area contributed by atoms with Crippen LogP contribution in [0.3, 0.4) is 0 Å². The molecule has 4 aliphatic rings. The van der Waals surface area contributed by atoms with E-state index >= 15 is 0 Å². The van der Waals surface area contributed by atoms with Gasteiger partial charge in [0.1, 0.15) is 17.4 Å². The van der Waals surface area contributed by atoms with Crippen molar-refractivity contribution in [2.24, 2.45) is 5.41 Å². The molecule has 2 atom stereocenters. The zero-order chi connectivity index (χ0) is 29.8. The number of morpholine rings is 1. The van der Waals surface area contributed by atoms with Gasteiger partial charge >= 0.3 is 6.01 Å². The summed E-state index contributed by atoms with van der Waals surface area (Å²) >= 11 is 0. The average molecular weight is 596 g/mol. The van der Waals surface area contributed by atoms with Crippen LogP contribution >= 0.6 is 0 Å². The number of aromatic nitrogens is 4. The van der Waals surface area contributed by atoms with Crippen molar-refractivity contribution >= 4 is 27.6 Å². The van der Waals surface area contributed by atoms with E-state index < -0.39 is 5.82 Å². The number of anilines is 1. The van der Waals surface area contributed by atoms with Gasteiger partial charge in [0.05, 0.1) is 30.8 Å².